The van der Waals surface area contributed by atoms with Crippen LogP contribution in [0.5, 0.6) is 0 Å². The highest BCUT2D eigenvalue weighted by Gasteiger charge is 2.32. The van der Waals surface area contributed by atoms with Gasteiger partial charge in [0.15, 0.2) is 9.84 Å². The Kier molecular flexibility index (Phi) is 4.30. The molecule has 0 spiro atoms. The molecule has 1 N–H and O–H groups in total. The van der Waals surface area contributed by atoms with Crippen LogP contribution in [0.25, 0.3) is 0 Å². The maximum Gasteiger partial charge on any atom is 0.152 e. The number of nitrogens with zero attached hydrogens (tertiary/aromatic N) is 2. The minimum Gasteiger partial charge on any atom is -0.316 e. The Bertz CT molecular complexity index is 548. The molecule has 2 heterocycles. The number of aromatic nitrogens is 2. The molecule has 0 bridgehead atoms. The molecule has 1 fully saturated rings. The van der Waals surface area contributed by atoms with E-state index in [1.807, 2.05) is 11.7 Å². The first-order chi connectivity index (χ1) is 9.02. The van der Waals surface area contributed by atoms with Gasteiger partial charge >= 0.3 is 0 Å². The first kappa shape index (κ1) is 14.5. The Hall–Kier alpha value is -0.880. The van der Waals surface area contributed by atoms with Crippen LogP contribution in [0, 0.1) is 0 Å². The summed E-state index contributed by atoms with van der Waals surface area (Å²) in [7, 11) is -0.941. The fraction of sp³-hybridized carbons (Fsp3) is 0.769. The fourth-order valence-corrected chi connectivity index (χ4v) is 4.56. The van der Waals surface area contributed by atoms with Crippen LogP contribution in [0.15, 0.2) is 0 Å². The largest absolute Gasteiger partial charge is 0.316 e. The van der Waals surface area contributed by atoms with E-state index in [1.54, 1.807) is 0 Å². The van der Waals surface area contributed by atoms with E-state index in [-0.39, 0.29) is 11.8 Å². The van der Waals surface area contributed by atoms with E-state index in [4.69, 9.17) is 0 Å². The molecule has 0 radical (unpaired) electrons. The van der Waals surface area contributed by atoms with Crippen molar-refractivity contribution in [3.8, 4) is 0 Å². The molecular formula is C13H23N3O2S. The number of nitrogens with one attached hydrogen (secondary N) is 1. The molecule has 1 atom stereocenters. The highest BCUT2D eigenvalue weighted by Crippen LogP contribution is 2.27. The number of aryl methyl sites for hydroxylation is 1. The zero-order chi connectivity index (χ0) is 14.0. The number of rotatable bonds is 5. The SMILES string of the molecule is CCc1nn(C2CCS(=O)(=O)C2)c(CC)c1CNC. The Labute approximate surface area is 115 Å². The molecule has 108 valence electrons. The van der Waals surface area contributed by atoms with E-state index in [1.165, 1.54) is 11.3 Å². The standard InChI is InChI=1S/C13H23N3O2S/c1-4-12-11(8-14-3)13(5-2)16(15-12)10-6-7-19(17,18)9-10/h10,14H,4-9H2,1-3H3. The average Bonchev–Trinajstić information content (AvgIpc) is 2.90. The zero-order valence-electron chi connectivity index (χ0n) is 11.9. The molecule has 0 aromatic carbocycles. The first-order valence-corrected chi connectivity index (χ1v) is 8.78. The summed E-state index contributed by atoms with van der Waals surface area (Å²) in [5.41, 5.74) is 3.53. The quantitative estimate of drug-likeness (QED) is 0.879. The predicted octanol–water partition coefficient (Wildman–Crippen LogP) is 1.09. The van der Waals surface area contributed by atoms with E-state index in [2.05, 4.69) is 24.3 Å². The Morgan fingerprint density at radius 3 is 2.58 bits per heavy atom. The number of hydrogen-bond acceptors (Lipinski definition) is 4. The van der Waals surface area contributed by atoms with E-state index < -0.39 is 9.84 Å². The molecular weight excluding hydrogens is 262 g/mol. The molecule has 6 heteroatoms. The van der Waals surface area contributed by atoms with Crippen molar-refractivity contribution in [1.29, 1.82) is 0 Å². The average molecular weight is 285 g/mol. The lowest BCUT2D eigenvalue weighted by Gasteiger charge is -2.13. The third-order valence-electron chi connectivity index (χ3n) is 3.78. The topological polar surface area (TPSA) is 64.0 Å². The molecule has 1 aliphatic heterocycles. The van der Waals surface area contributed by atoms with Crippen molar-refractivity contribution in [2.75, 3.05) is 18.6 Å². The van der Waals surface area contributed by atoms with Gasteiger partial charge in [-0.05, 0) is 26.3 Å². The van der Waals surface area contributed by atoms with Gasteiger partial charge in [0, 0.05) is 17.8 Å². The highest BCUT2D eigenvalue weighted by molar-refractivity contribution is 7.91. The fourth-order valence-electron chi connectivity index (χ4n) is 2.87. The van der Waals surface area contributed by atoms with Crippen LogP contribution < -0.4 is 5.32 Å². The molecule has 2 rings (SSSR count). The van der Waals surface area contributed by atoms with Gasteiger partial charge in [0.25, 0.3) is 0 Å². The van der Waals surface area contributed by atoms with Crippen LogP contribution in [-0.4, -0.2) is 36.8 Å². The van der Waals surface area contributed by atoms with Gasteiger partial charge in [-0.25, -0.2) is 8.42 Å². The normalized spacial score (nSPS) is 21.9. The summed E-state index contributed by atoms with van der Waals surface area (Å²) in [6.45, 7) is 5.00. The molecule has 5 nitrogen and oxygen atoms in total. The zero-order valence-corrected chi connectivity index (χ0v) is 12.8. The maximum atomic E-state index is 11.6. The van der Waals surface area contributed by atoms with Gasteiger partial charge in [0.1, 0.15) is 0 Å². The smallest absolute Gasteiger partial charge is 0.152 e. The Balaban J connectivity index is 2.40. The van der Waals surface area contributed by atoms with E-state index in [0.29, 0.717) is 12.2 Å². The second-order valence-corrected chi connectivity index (χ2v) is 7.34. The summed E-state index contributed by atoms with van der Waals surface area (Å²) in [5, 5.41) is 7.86. The molecule has 0 amide bonds. The second-order valence-electron chi connectivity index (χ2n) is 5.11. The van der Waals surface area contributed by atoms with Gasteiger partial charge in [-0.1, -0.05) is 13.8 Å². The van der Waals surface area contributed by atoms with E-state index in [9.17, 15) is 8.42 Å². The summed E-state index contributed by atoms with van der Waals surface area (Å²) < 4.78 is 25.3. The minimum atomic E-state index is -2.87. The second kappa shape index (κ2) is 5.63. The van der Waals surface area contributed by atoms with Crippen molar-refractivity contribution in [3.63, 3.8) is 0 Å². The molecule has 19 heavy (non-hydrogen) atoms. The summed E-state index contributed by atoms with van der Waals surface area (Å²) >= 11 is 0. The minimum absolute atomic E-state index is 0.0239. The molecule has 1 aromatic heterocycles. The molecule has 0 saturated carbocycles. The number of sulfone groups is 1. The third-order valence-corrected chi connectivity index (χ3v) is 5.53. The van der Waals surface area contributed by atoms with Crippen molar-refractivity contribution < 1.29 is 8.42 Å². The summed E-state index contributed by atoms with van der Waals surface area (Å²) in [5.74, 6) is 0.535. The summed E-state index contributed by atoms with van der Waals surface area (Å²) in [6.07, 6.45) is 2.47. The lowest BCUT2D eigenvalue weighted by atomic mass is 10.1. The molecule has 1 unspecified atom stereocenters. The van der Waals surface area contributed by atoms with Gasteiger partial charge in [-0.2, -0.15) is 5.10 Å². The molecule has 1 aliphatic rings. The monoisotopic (exact) mass is 285 g/mol. The van der Waals surface area contributed by atoms with Crippen LogP contribution in [0.1, 0.15) is 43.3 Å². The maximum absolute atomic E-state index is 11.6. The van der Waals surface area contributed by atoms with E-state index in [0.717, 1.165) is 25.1 Å². The predicted molar refractivity (Wildman–Crippen MR) is 76.1 cm³/mol. The van der Waals surface area contributed by atoms with Crippen LogP contribution in [0.2, 0.25) is 0 Å². The van der Waals surface area contributed by atoms with Crippen molar-refractivity contribution >= 4 is 9.84 Å². The van der Waals surface area contributed by atoms with Crippen LogP contribution in [-0.2, 0) is 29.2 Å². The Morgan fingerprint density at radius 2 is 2.11 bits per heavy atom. The van der Waals surface area contributed by atoms with Gasteiger partial charge < -0.3 is 5.32 Å². The Morgan fingerprint density at radius 1 is 1.37 bits per heavy atom. The summed E-state index contributed by atoms with van der Waals surface area (Å²) in [6, 6.07) is 0.0239. The van der Waals surface area contributed by atoms with Crippen molar-refractivity contribution in [2.45, 2.75) is 45.7 Å². The molecule has 1 saturated heterocycles. The van der Waals surface area contributed by atoms with Crippen LogP contribution >= 0.6 is 0 Å². The first-order valence-electron chi connectivity index (χ1n) is 6.96. The van der Waals surface area contributed by atoms with Crippen molar-refractivity contribution in [1.82, 2.24) is 15.1 Å². The van der Waals surface area contributed by atoms with Gasteiger partial charge in [0.2, 0.25) is 0 Å². The van der Waals surface area contributed by atoms with Crippen LogP contribution in [0.3, 0.4) is 0 Å². The molecule has 0 aliphatic carbocycles. The van der Waals surface area contributed by atoms with Crippen molar-refractivity contribution in [2.24, 2.45) is 0 Å². The number of hydrogen-bond donors (Lipinski definition) is 1. The lowest BCUT2D eigenvalue weighted by molar-refractivity contribution is 0.477. The van der Waals surface area contributed by atoms with E-state index >= 15 is 0 Å². The van der Waals surface area contributed by atoms with Gasteiger partial charge in [-0.15, -0.1) is 0 Å². The van der Waals surface area contributed by atoms with Gasteiger partial charge in [0.05, 0.1) is 23.2 Å². The molecule has 1 aromatic rings. The lowest BCUT2D eigenvalue weighted by Crippen LogP contribution is -2.16. The third kappa shape index (κ3) is 2.84. The summed E-state index contributed by atoms with van der Waals surface area (Å²) in [4.78, 5) is 0. The van der Waals surface area contributed by atoms with Gasteiger partial charge in [-0.3, -0.25) is 4.68 Å². The van der Waals surface area contributed by atoms with Crippen molar-refractivity contribution in [3.05, 3.63) is 17.0 Å². The highest BCUT2D eigenvalue weighted by atomic mass is 32.2. The van der Waals surface area contributed by atoms with Crippen LogP contribution in [0.4, 0.5) is 0 Å².